The first-order valence-electron chi connectivity index (χ1n) is 8.26. The van der Waals surface area contributed by atoms with E-state index in [-0.39, 0.29) is 11.3 Å². The number of hydrogen-bond acceptors (Lipinski definition) is 5. The third-order valence-corrected chi connectivity index (χ3v) is 4.65. The lowest BCUT2D eigenvalue weighted by Gasteiger charge is -2.11. The maximum Gasteiger partial charge on any atom is 0.326 e. The van der Waals surface area contributed by atoms with E-state index in [0.717, 1.165) is 11.1 Å². The Morgan fingerprint density at radius 2 is 2.00 bits per heavy atom. The number of imidazole rings is 1. The molecule has 0 bridgehead atoms. The molecule has 1 aromatic carbocycles. The summed E-state index contributed by atoms with van der Waals surface area (Å²) in [4.78, 5) is 18.8. The van der Waals surface area contributed by atoms with Gasteiger partial charge in [0.25, 0.3) is 0 Å². The number of aryl methyl sites for hydroxylation is 3. The lowest BCUT2D eigenvalue weighted by molar-refractivity contribution is 0.393. The number of nitrogens with zero attached hydrogens (tertiary/aromatic N) is 3. The molecular weight excluding hydrogens is 351 g/mol. The van der Waals surface area contributed by atoms with Gasteiger partial charge in [0.05, 0.1) is 30.0 Å². The van der Waals surface area contributed by atoms with Crippen molar-refractivity contribution < 1.29 is 13.7 Å². The predicted octanol–water partition coefficient (Wildman–Crippen LogP) is 3.35. The summed E-state index contributed by atoms with van der Waals surface area (Å²) >= 11 is 0. The molecule has 3 aromatic heterocycles. The normalized spacial score (nSPS) is 11.3. The minimum atomic E-state index is -0.651. The van der Waals surface area contributed by atoms with E-state index in [1.54, 1.807) is 20.0 Å². The molecule has 8 heteroatoms. The Morgan fingerprint density at radius 3 is 2.67 bits per heavy atom. The molecule has 1 N–H and O–H groups in total. The number of fused-ring (bicyclic) bond motifs is 1. The molecule has 0 spiro atoms. The van der Waals surface area contributed by atoms with Gasteiger partial charge < -0.3 is 14.2 Å². The topological polar surface area (TPSA) is 85.9 Å². The van der Waals surface area contributed by atoms with Crippen LogP contribution >= 0.6 is 0 Å². The highest BCUT2D eigenvalue weighted by atomic mass is 19.1. The van der Waals surface area contributed by atoms with Crippen molar-refractivity contribution in [2.45, 2.75) is 13.8 Å². The first-order valence-corrected chi connectivity index (χ1v) is 8.26. The molecule has 27 heavy (non-hydrogen) atoms. The van der Waals surface area contributed by atoms with Crippen molar-refractivity contribution in [3.8, 4) is 28.0 Å². The van der Waals surface area contributed by atoms with Crippen molar-refractivity contribution in [2.75, 3.05) is 7.11 Å². The molecule has 0 aliphatic heterocycles. The fraction of sp³-hybridized carbons (Fsp3) is 0.211. The number of H-pyrrole nitrogens is 1. The van der Waals surface area contributed by atoms with Crippen LogP contribution in [0.1, 0.15) is 11.5 Å². The number of rotatable bonds is 3. The third-order valence-electron chi connectivity index (χ3n) is 4.65. The van der Waals surface area contributed by atoms with Crippen LogP contribution in [0, 0.1) is 19.8 Å². The first-order chi connectivity index (χ1) is 12.9. The molecule has 0 aliphatic carbocycles. The van der Waals surface area contributed by atoms with Crippen molar-refractivity contribution in [3.05, 3.63) is 52.3 Å². The van der Waals surface area contributed by atoms with E-state index in [4.69, 9.17) is 9.26 Å². The van der Waals surface area contributed by atoms with Crippen LogP contribution in [0.4, 0.5) is 4.39 Å². The quantitative estimate of drug-likeness (QED) is 0.561. The van der Waals surface area contributed by atoms with Gasteiger partial charge in [0.15, 0.2) is 0 Å². The first kappa shape index (κ1) is 17.0. The predicted molar refractivity (Wildman–Crippen MR) is 98.3 cm³/mol. The number of nitrogens with one attached hydrogen (secondary N) is 1. The second-order valence-electron chi connectivity index (χ2n) is 6.32. The molecule has 0 fully saturated rings. The van der Waals surface area contributed by atoms with Crippen LogP contribution < -0.4 is 10.4 Å². The zero-order valence-electron chi connectivity index (χ0n) is 15.3. The Labute approximate surface area is 153 Å². The zero-order chi connectivity index (χ0) is 19.3. The van der Waals surface area contributed by atoms with E-state index in [0.29, 0.717) is 33.8 Å². The molecule has 0 saturated heterocycles. The molecule has 0 aliphatic rings. The summed E-state index contributed by atoms with van der Waals surface area (Å²) in [5.74, 6) is 0.407. The smallest absolute Gasteiger partial charge is 0.326 e. The molecule has 0 atom stereocenters. The van der Waals surface area contributed by atoms with Gasteiger partial charge in [-0.1, -0.05) is 5.16 Å². The van der Waals surface area contributed by atoms with Crippen LogP contribution in [0.25, 0.3) is 33.3 Å². The zero-order valence-corrected chi connectivity index (χ0v) is 15.3. The van der Waals surface area contributed by atoms with Gasteiger partial charge in [-0.05, 0) is 37.6 Å². The van der Waals surface area contributed by atoms with Crippen LogP contribution in [0.15, 0.2) is 33.7 Å². The second kappa shape index (κ2) is 6.08. The van der Waals surface area contributed by atoms with Gasteiger partial charge in [-0.15, -0.1) is 0 Å². The summed E-state index contributed by atoms with van der Waals surface area (Å²) in [6, 6.07) is 5.20. The van der Waals surface area contributed by atoms with E-state index in [2.05, 4.69) is 15.1 Å². The van der Waals surface area contributed by atoms with Gasteiger partial charge in [0, 0.05) is 23.7 Å². The summed E-state index contributed by atoms with van der Waals surface area (Å²) < 4.78 is 26.5. The van der Waals surface area contributed by atoms with Crippen molar-refractivity contribution in [3.63, 3.8) is 0 Å². The minimum Gasteiger partial charge on any atom is -0.495 e. The SMILES string of the molecule is COc1cnc(F)c(-c2cc(-c3c(C)noc3C)cc3[nH]c(=O)n(C)c23)c1. The monoisotopic (exact) mass is 368 g/mol. The Morgan fingerprint density at radius 1 is 1.22 bits per heavy atom. The van der Waals surface area contributed by atoms with Crippen LogP contribution in [0.3, 0.4) is 0 Å². The summed E-state index contributed by atoms with van der Waals surface area (Å²) in [5, 5.41) is 3.98. The molecule has 0 unspecified atom stereocenters. The largest absolute Gasteiger partial charge is 0.495 e. The number of ether oxygens (including phenoxy) is 1. The Hall–Kier alpha value is -3.42. The number of aromatic nitrogens is 4. The van der Waals surface area contributed by atoms with Gasteiger partial charge in [0.1, 0.15) is 11.5 Å². The fourth-order valence-electron chi connectivity index (χ4n) is 3.37. The maximum atomic E-state index is 14.6. The number of aromatic amines is 1. The van der Waals surface area contributed by atoms with Crippen LogP contribution in [0.2, 0.25) is 0 Å². The summed E-state index contributed by atoms with van der Waals surface area (Å²) in [7, 11) is 3.12. The van der Waals surface area contributed by atoms with Crippen molar-refractivity contribution in [2.24, 2.45) is 7.05 Å². The second-order valence-corrected chi connectivity index (χ2v) is 6.32. The van der Waals surface area contributed by atoms with E-state index < -0.39 is 5.95 Å². The molecular formula is C19H17FN4O3. The van der Waals surface area contributed by atoms with Gasteiger partial charge >= 0.3 is 5.69 Å². The minimum absolute atomic E-state index is 0.238. The molecule has 7 nitrogen and oxygen atoms in total. The van der Waals surface area contributed by atoms with E-state index in [9.17, 15) is 9.18 Å². The lowest BCUT2D eigenvalue weighted by Crippen LogP contribution is -2.12. The number of benzene rings is 1. The Balaban J connectivity index is 2.12. The Kier molecular flexibility index (Phi) is 3.83. The molecule has 0 saturated carbocycles. The highest BCUT2D eigenvalue weighted by Gasteiger charge is 2.20. The molecule has 4 rings (SSSR count). The Bertz CT molecular complexity index is 1220. The number of methoxy groups -OCH3 is 1. The van der Waals surface area contributed by atoms with Crippen molar-refractivity contribution in [1.29, 1.82) is 0 Å². The van der Waals surface area contributed by atoms with Crippen molar-refractivity contribution in [1.82, 2.24) is 19.7 Å². The van der Waals surface area contributed by atoms with E-state index >= 15 is 0 Å². The molecule has 0 amide bonds. The summed E-state index contributed by atoms with van der Waals surface area (Å²) in [6.45, 7) is 3.64. The lowest BCUT2D eigenvalue weighted by atomic mass is 9.97. The van der Waals surface area contributed by atoms with E-state index in [1.165, 1.54) is 17.9 Å². The maximum absolute atomic E-state index is 14.6. The molecule has 4 aromatic rings. The van der Waals surface area contributed by atoms with E-state index in [1.807, 2.05) is 19.1 Å². The fourth-order valence-corrected chi connectivity index (χ4v) is 3.37. The van der Waals surface area contributed by atoms with Crippen molar-refractivity contribution >= 4 is 11.0 Å². The van der Waals surface area contributed by atoms with Gasteiger partial charge in [0.2, 0.25) is 5.95 Å². The average Bonchev–Trinajstić information content (AvgIpc) is 3.13. The van der Waals surface area contributed by atoms with Gasteiger partial charge in [-0.2, -0.15) is 4.39 Å². The number of hydrogen-bond donors (Lipinski definition) is 1. The number of halogens is 1. The third kappa shape index (κ3) is 2.61. The van der Waals surface area contributed by atoms with Crippen LogP contribution in [-0.4, -0.2) is 26.8 Å². The molecule has 138 valence electrons. The average molecular weight is 368 g/mol. The van der Waals surface area contributed by atoms with Gasteiger partial charge in [-0.25, -0.2) is 9.78 Å². The summed E-state index contributed by atoms with van der Waals surface area (Å²) in [5.41, 5.74) is 3.90. The van der Waals surface area contributed by atoms with Crippen LogP contribution in [0.5, 0.6) is 5.75 Å². The van der Waals surface area contributed by atoms with Gasteiger partial charge in [-0.3, -0.25) is 4.57 Å². The summed E-state index contributed by atoms with van der Waals surface area (Å²) in [6.07, 6.45) is 1.31. The standard InChI is InChI=1S/C19H17FN4O3/c1-9-16(10(2)27-23-9)11-5-13(14-7-12(26-4)8-21-18(14)20)17-15(6-11)22-19(25)24(17)3/h5-8H,1-4H3,(H,22,25). The highest BCUT2D eigenvalue weighted by Crippen LogP contribution is 2.37. The van der Waals surface area contributed by atoms with Crippen LogP contribution in [-0.2, 0) is 7.05 Å². The molecule has 0 radical (unpaired) electrons. The number of pyridine rings is 1. The highest BCUT2D eigenvalue weighted by molar-refractivity contribution is 5.96. The molecule has 3 heterocycles.